The number of sulfonamides is 1. The van der Waals surface area contributed by atoms with Gasteiger partial charge in [0.15, 0.2) is 0 Å². The van der Waals surface area contributed by atoms with Crippen LogP contribution in [0.2, 0.25) is 0 Å². The molecule has 2 aromatic carbocycles. The second-order valence-electron chi connectivity index (χ2n) is 9.12. The summed E-state index contributed by atoms with van der Waals surface area (Å²) in [5.74, 6) is 0.826. The molecule has 1 heterocycles. The zero-order valence-electron chi connectivity index (χ0n) is 20.7. The maximum absolute atomic E-state index is 13.3. The fraction of sp³-hybridized carbons (Fsp3) is 0.500. The first-order chi connectivity index (χ1) is 16.2. The highest BCUT2D eigenvalue weighted by Crippen LogP contribution is 2.28. The predicted molar refractivity (Wildman–Crippen MR) is 136 cm³/mol. The number of nitrogens with one attached hydrogen (secondary N) is 1. The third kappa shape index (κ3) is 6.58. The van der Waals surface area contributed by atoms with Crippen LogP contribution in [0.25, 0.3) is 0 Å². The summed E-state index contributed by atoms with van der Waals surface area (Å²) >= 11 is 0. The summed E-state index contributed by atoms with van der Waals surface area (Å²) < 4.78 is 34.0. The van der Waals surface area contributed by atoms with Crippen molar-refractivity contribution in [2.75, 3.05) is 44.6 Å². The maximum atomic E-state index is 13.3. The Bertz CT molecular complexity index is 1060. The van der Waals surface area contributed by atoms with E-state index in [1.807, 2.05) is 18.2 Å². The van der Waals surface area contributed by atoms with Crippen LogP contribution in [-0.4, -0.2) is 62.9 Å². The van der Waals surface area contributed by atoms with Gasteiger partial charge in [-0.1, -0.05) is 45.9 Å². The standard InChI is InChI=1S/C26H37N3O4S/c1-5-28(6-2)14-15-33-25-13-8-7-12-24(25)27-26(30)22-10-9-11-23(17-22)34(31,32)29-18-20(3)16-21(4)19-29/h7-13,17,20-21H,5-6,14-16,18-19H2,1-4H3,(H,27,30)/t20-,21-/m1/s1. The van der Waals surface area contributed by atoms with Gasteiger partial charge in [0.25, 0.3) is 5.91 Å². The highest BCUT2D eigenvalue weighted by Gasteiger charge is 2.32. The Morgan fingerprint density at radius 3 is 2.41 bits per heavy atom. The summed E-state index contributed by atoms with van der Waals surface area (Å²) in [7, 11) is -3.67. The normalized spacial score (nSPS) is 19.2. The van der Waals surface area contributed by atoms with E-state index in [4.69, 9.17) is 4.74 Å². The Kier molecular flexibility index (Phi) is 9.10. The molecule has 0 aromatic heterocycles. The van der Waals surface area contributed by atoms with Crippen molar-refractivity contribution in [2.24, 2.45) is 11.8 Å². The van der Waals surface area contributed by atoms with E-state index in [0.717, 1.165) is 26.1 Å². The van der Waals surface area contributed by atoms with Gasteiger partial charge in [0, 0.05) is 25.2 Å². The lowest BCUT2D eigenvalue weighted by Gasteiger charge is -2.34. The lowest BCUT2D eigenvalue weighted by atomic mass is 9.94. The van der Waals surface area contributed by atoms with Crippen LogP contribution in [-0.2, 0) is 10.0 Å². The van der Waals surface area contributed by atoms with Crippen LogP contribution in [0.5, 0.6) is 5.75 Å². The number of likely N-dealkylation sites (N-methyl/N-ethyl adjacent to an activating group) is 1. The summed E-state index contributed by atoms with van der Waals surface area (Å²) in [4.78, 5) is 15.4. The fourth-order valence-electron chi connectivity index (χ4n) is 4.46. The van der Waals surface area contributed by atoms with E-state index in [1.54, 1.807) is 28.6 Å². The molecule has 0 unspecified atom stereocenters. The quantitative estimate of drug-likeness (QED) is 0.540. The van der Waals surface area contributed by atoms with E-state index in [-0.39, 0.29) is 16.4 Å². The number of benzene rings is 2. The molecule has 1 aliphatic heterocycles. The molecule has 8 heteroatoms. The molecule has 0 saturated carbocycles. The number of carbonyl (C=O) groups is 1. The monoisotopic (exact) mass is 487 g/mol. The third-order valence-corrected chi connectivity index (χ3v) is 8.09. The van der Waals surface area contributed by atoms with Crippen molar-refractivity contribution in [3.8, 4) is 5.75 Å². The van der Waals surface area contributed by atoms with Crippen LogP contribution < -0.4 is 10.1 Å². The molecule has 1 saturated heterocycles. The number of carbonyl (C=O) groups excluding carboxylic acids is 1. The van der Waals surface area contributed by atoms with Gasteiger partial charge in [-0.25, -0.2) is 8.42 Å². The van der Waals surface area contributed by atoms with Gasteiger partial charge in [-0.2, -0.15) is 4.31 Å². The van der Waals surface area contributed by atoms with Crippen molar-refractivity contribution in [1.82, 2.24) is 9.21 Å². The molecule has 34 heavy (non-hydrogen) atoms. The minimum Gasteiger partial charge on any atom is -0.490 e. The largest absolute Gasteiger partial charge is 0.490 e. The first kappa shape index (κ1) is 26.2. The van der Waals surface area contributed by atoms with Crippen LogP contribution in [0.15, 0.2) is 53.4 Å². The topological polar surface area (TPSA) is 79.0 Å². The summed E-state index contributed by atoms with van der Waals surface area (Å²) in [6.07, 6.45) is 1.02. The molecule has 1 fully saturated rings. The zero-order valence-corrected chi connectivity index (χ0v) is 21.5. The minimum atomic E-state index is -3.67. The summed E-state index contributed by atoms with van der Waals surface area (Å²) in [6.45, 7) is 12.6. The van der Waals surface area contributed by atoms with Gasteiger partial charge in [-0.05, 0) is 61.7 Å². The molecule has 0 bridgehead atoms. The number of ether oxygens (including phenoxy) is 1. The van der Waals surface area contributed by atoms with Gasteiger partial charge in [-0.3, -0.25) is 4.79 Å². The van der Waals surface area contributed by atoms with Gasteiger partial charge in [0.05, 0.1) is 10.6 Å². The third-order valence-electron chi connectivity index (χ3n) is 6.26. The van der Waals surface area contributed by atoms with Crippen LogP contribution in [0.3, 0.4) is 0 Å². The fourth-order valence-corrected chi connectivity index (χ4v) is 6.19. The molecule has 2 aromatic rings. The second kappa shape index (κ2) is 11.8. The van der Waals surface area contributed by atoms with Crippen LogP contribution in [0.4, 0.5) is 5.69 Å². The van der Waals surface area contributed by atoms with E-state index >= 15 is 0 Å². The number of para-hydroxylation sites is 2. The molecule has 2 atom stereocenters. The summed E-state index contributed by atoms with van der Waals surface area (Å²) in [5, 5.41) is 2.88. The predicted octanol–water partition coefficient (Wildman–Crippen LogP) is 4.33. The number of piperidine rings is 1. The van der Waals surface area contributed by atoms with E-state index in [9.17, 15) is 13.2 Å². The summed E-state index contributed by atoms with van der Waals surface area (Å²) in [6, 6.07) is 13.5. The minimum absolute atomic E-state index is 0.144. The van der Waals surface area contributed by atoms with E-state index in [0.29, 0.717) is 43.0 Å². The van der Waals surface area contributed by atoms with E-state index < -0.39 is 10.0 Å². The molecule has 1 amide bonds. The molecule has 1 aliphatic rings. The number of amides is 1. The summed E-state index contributed by atoms with van der Waals surface area (Å²) in [5.41, 5.74) is 0.844. The molecule has 3 rings (SSSR count). The van der Waals surface area contributed by atoms with Gasteiger partial charge in [0.1, 0.15) is 12.4 Å². The van der Waals surface area contributed by atoms with Crippen molar-refractivity contribution < 1.29 is 17.9 Å². The Labute approximate surface area is 204 Å². The second-order valence-corrected chi connectivity index (χ2v) is 11.1. The SMILES string of the molecule is CCN(CC)CCOc1ccccc1NC(=O)c1cccc(S(=O)(=O)N2C[C@H](C)C[C@@H](C)C2)c1. The molecule has 186 valence electrons. The number of hydrogen-bond acceptors (Lipinski definition) is 5. The lowest BCUT2D eigenvalue weighted by molar-refractivity contribution is 0.102. The molecule has 0 radical (unpaired) electrons. The molecular formula is C26H37N3O4S. The molecule has 0 aliphatic carbocycles. The van der Waals surface area contributed by atoms with E-state index in [2.05, 4.69) is 37.9 Å². The van der Waals surface area contributed by atoms with Crippen molar-refractivity contribution in [2.45, 2.75) is 39.0 Å². The number of rotatable bonds is 10. The molecular weight excluding hydrogens is 450 g/mol. The van der Waals surface area contributed by atoms with Crippen LogP contribution >= 0.6 is 0 Å². The Hall–Kier alpha value is -2.42. The average molecular weight is 488 g/mol. The van der Waals surface area contributed by atoms with Crippen molar-refractivity contribution in [3.63, 3.8) is 0 Å². The number of anilines is 1. The Morgan fingerprint density at radius 2 is 1.74 bits per heavy atom. The van der Waals surface area contributed by atoms with Gasteiger partial charge in [-0.15, -0.1) is 0 Å². The first-order valence-corrected chi connectivity index (χ1v) is 13.5. The molecule has 0 spiro atoms. The van der Waals surface area contributed by atoms with Gasteiger partial charge >= 0.3 is 0 Å². The molecule has 1 N–H and O–H groups in total. The highest BCUT2D eigenvalue weighted by molar-refractivity contribution is 7.89. The lowest BCUT2D eigenvalue weighted by Crippen LogP contribution is -2.42. The zero-order chi connectivity index (χ0) is 24.7. The van der Waals surface area contributed by atoms with Crippen molar-refractivity contribution in [3.05, 3.63) is 54.1 Å². The highest BCUT2D eigenvalue weighted by atomic mass is 32.2. The van der Waals surface area contributed by atoms with E-state index in [1.165, 1.54) is 6.07 Å². The van der Waals surface area contributed by atoms with Crippen LogP contribution in [0, 0.1) is 11.8 Å². The van der Waals surface area contributed by atoms with Crippen molar-refractivity contribution in [1.29, 1.82) is 0 Å². The number of hydrogen-bond donors (Lipinski definition) is 1. The smallest absolute Gasteiger partial charge is 0.255 e. The van der Waals surface area contributed by atoms with Gasteiger partial charge in [0.2, 0.25) is 10.0 Å². The van der Waals surface area contributed by atoms with Crippen molar-refractivity contribution >= 4 is 21.6 Å². The molecule has 7 nitrogen and oxygen atoms in total. The maximum Gasteiger partial charge on any atom is 0.255 e. The first-order valence-electron chi connectivity index (χ1n) is 12.1. The Balaban J connectivity index is 1.73. The van der Waals surface area contributed by atoms with Crippen LogP contribution in [0.1, 0.15) is 44.5 Å². The van der Waals surface area contributed by atoms with Gasteiger partial charge < -0.3 is 15.0 Å². The average Bonchev–Trinajstić information content (AvgIpc) is 2.82. The number of nitrogens with zero attached hydrogens (tertiary/aromatic N) is 2. The Morgan fingerprint density at radius 1 is 1.06 bits per heavy atom.